The van der Waals surface area contributed by atoms with Gasteiger partial charge in [0, 0.05) is 12.5 Å². The van der Waals surface area contributed by atoms with Crippen LogP contribution >= 0.6 is 0 Å². The summed E-state index contributed by atoms with van der Waals surface area (Å²) >= 11 is 0. The average molecular weight is 273 g/mol. The maximum atomic E-state index is 9.20. The number of aliphatic hydroxyl groups excluding tert-OH is 1. The lowest BCUT2D eigenvalue weighted by molar-refractivity contribution is -0.162. The van der Waals surface area contributed by atoms with Gasteiger partial charge in [0.1, 0.15) is 5.75 Å². The lowest BCUT2D eigenvalue weighted by Gasteiger charge is -2.32. The molecular formula is C16H19NO3. The average Bonchev–Trinajstić information content (AvgIpc) is 2.46. The molecule has 1 heterocycles. The molecule has 4 nitrogen and oxygen atoms in total. The van der Waals surface area contributed by atoms with Gasteiger partial charge in [-0.1, -0.05) is 30.3 Å². The van der Waals surface area contributed by atoms with Crippen LogP contribution in [0, 0.1) is 0 Å². The smallest absolute Gasteiger partial charge is 0.201 e. The maximum absolute atomic E-state index is 9.20. The van der Waals surface area contributed by atoms with Crippen molar-refractivity contribution in [2.24, 2.45) is 5.73 Å². The van der Waals surface area contributed by atoms with Crippen LogP contribution in [-0.4, -0.2) is 30.1 Å². The molecule has 0 bridgehead atoms. The fourth-order valence-electron chi connectivity index (χ4n) is 2.59. The van der Waals surface area contributed by atoms with Crippen LogP contribution in [0.15, 0.2) is 42.5 Å². The molecule has 2 aromatic rings. The van der Waals surface area contributed by atoms with Crippen molar-refractivity contribution < 1.29 is 14.6 Å². The Bertz CT molecular complexity index is 587. The summed E-state index contributed by atoms with van der Waals surface area (Å²) in [7, 11) is 0. The first kappa shape index (κ1) is 13.4. The Labute approximate surface area is 118 Å². The molecule has 2 aromatic carbocycles. The molecule has 0 spiro atoms. The summed E-state index contributed by atoms with van der Waals surface area (Å²) < 4.78 is 11.5. The minimum absolute atomic E-state index is 0.00589. The summed E-state index contributed by atoms with van der Waals surface area (Å²) in [5.74, 6) is 0.763. The third-order valence-electron chi connectivity index (χ3n) is 3.60. The van der Waals surface area contributed by atoms with Gasteiger partial charge in [-0.25, -0.2) is 0 Å². The Hall–Kier alpha value is -1.62. The molecule has 3 unspecified atom stereocenters. The second kappa shape index (κ2) is 5.79. The van der Waals surface area contributed by atoms with E-state index in [0.29, 0.717) is 12.8 Å². The van der Waals surface area contributed by atoms with Crippen LogP contribution < -0.4 is 10.5 Å². The maximum Gasteiger partial charge on any atom is 0.201 e. The molecule has 1 aliphatic rings. The standard InChI is InChI=1S/C16H19NO3/c17-13-8-15(10-18)20-16(9-13)19-14-6-5-11-3-1-2-4-12(11)7-14/h1-7,13,15-16,18H,8-10,17H2. The van der Waals surface area contributed by atoms with E-state index in [1.165, 1.54) is 5.39 Å². The van der Waals surface area contributed by atoms with E-state index < -0.39 is 6.29 Å². The van der Waals surface area contributed by atoms with Gasteiger partial charge in [-0.3, -0.25) is 0 Å². The predicted octanol–water partition coefficient (Wildman–Crippen LogP) is 2.04. The minimum Gasteiger partial charge on any atom is -0.465 e. The molecular weight excluding hydrogens is 254 g/mol. The summed E-state index contributed by atoms with van der Waals surface area (Å²) in [6.07, 6.45) is 0.693. The quantitative estimate of drug-likeness (QED) is 0.898. The summed E-state index contributed by atoms with van der Waals surface area (Å²) in [6, 6.07) is 14.1. The zero-order valence-electron chi connectivity index (χ0n) is 11.2. The first-order chi connectivity index (χ1) is 9.74. The van der Waals surface area contributed by atoms with Gasteiger partial charge < -0.3 is 20.3 Å². The van der Waals surface area contributed by atoms with Crippen molar-refractivity contribution >= 4 is 10.8 Å². The number of ether oxygens (including phenoxy) is 2. The molecule has 1 saturated heterocycles. The van der Waals surface area contributed by atoms with Gasteiger partial charge >= 0.3 is 0 Å². The molecule has 1 fully saturated rings. The highest BCUT2D eigenvalue weighted by molar-refractivity contribution is 5.83. The molecule has 3 atom stereocenters. The number of benzene rings is 2. The van der Waals surface area contributed by atoms with Crippen LogP contribution in [0.5, 0.6) is 5.75 Å². The van der Waals surface area contributed by atoms with Gasteiger partial charge in [0.2, 0.25) is 6.29 Å². The molecule has 0 aromatic heterocycles. The Morgan fingerprint density at radius 1 is 1.15 bits per heavy atom. The molecule has 1 aliphatic heterocycles. The van der Waals surface area contributed by atoms with Crippen molar-refractivity contribution in [2.45, 2.75) is 31.3 Å². The zero-order chi connectivity index (χ0) is 13.9. The van der Waals surface area contributed by atoms with Crippen molar-refractivity contribution in [1.29, 1.82) is 0 Å². The van der Waals surface area contributed by atoms with Crippen LogP contribution in [0.4, 0.5) is 0 Å². The van der Waals surface area contributed by atoms with E-state index in [9.17, 15) is 5.11 Å². The predicted molar refractivity (Wildman–Crippen MR) is 77.5 cm³/mol. The van der Waals surface area contributed by atoms with E-state index in [-0.39, 0.29) is 18.8 Å². The van der Waals surface area contributed by atoms with E-state index in [0.717, 1.165) is 11.1 Å². The third-order valence-corrected chi connectivity index (χ3v) is 3.60. The highest BCUT2D eigenvalue weighted by Crippen LogP contribution is 2.25. The van der Waals surface area contributed by atoms with Crippen molar-refractivity contribution in [3.8, 4) is 5.75 Å². The van der Waals surface area contributed by atoms with Gasteiger partial charge in [-0.15, -0.1) is 0 Å². The molecule has 0 amide bonds. The molecule has 0 saturated carbocycles. The van der Waals surface area contributed by atoms with Gasteiger partial charge in [-0.05, 0) is 29.3 Å². The minimum atomic E-state index is -0.392. The highest BCUT2D eigenvalue weighted by atomic mass is 16.7. The number of fused-ring (bicyclic) bond motifs is 1. The summed E-state index contributed by atoms with van der Waals surface area (Å²) in [6.45, 7) is -0.0225. The van der Waals surface area contributed by atoms with Gasteiger partial charge in [0.05, 0.1) is 12.7 Å². The van der Waals surface area contributed by atoms with E-state index in [4.69, 9.17) is 15.2 Å². The molecule has 106 valence electrons. The SMILES string of the molecule is NC1CC(CO)OC(Oc2ccc3ccccc3c2)C1. The number of nitrogens with two attached hydrogens (primary N) is 1. The monoisotopic (exact) mass is 273 g/mol. The molecule has 3 rings (SSSR count). The summed E-state index contributed by atoms with van der Waals surface area (Å²) in [4.78, 5) is 0. The fourth-order valence-corrected chi connectivity index (χ4v) is 2.59. The van der Waals surface area contributed by atoms with E-state index >= 15 is 0 Å². The first-order valence-corrected chi connectivity index (χ1v) is 6.92. The van der Waals surface area contributed by atoms with Gasteiger partial charge in [0.25, 0.3) is 0 Å². The third kappa shape index (κ3) is 2.93. The number of hydrogen-bond donors (Lipinski definition) is 2. The number of rotatable bonds is 3. The normalized spacial score (nSPS) is 26.6. The Morgan fingerprint density at radius 3 is 2.75 bits per heavy atom. The number of aliphatic hydroxyl groups is 1. The van der Waals surface area contributed by atoms with Crippen LogP contribution in [0.3, 0.4) is 0 Å². The Balaban J connectivity index is 1.75. The highest BCUT2D eigenvalue weighted by Gasteiger charge is 2.28. The fraction of sp³-hybridized carbons (Fsp3) is 0.375. The molecule has 4 heteroatoms. The van der Waals surface area contributed by atoms with Crippen molar-refractivity contribution in [3.63, 3.8) is 0 Å². The van der Waals surface area contributed by atoms with Crippen LogP contribution in [0.1, 0.15) is 12.8 Å². The largest absolute Gasteiger partial charge is 0.465 e. The molecule has 0 radical (unpaired) electrons. The summed E-state index contributed by atoms with van der Waals surface area (Å²) in [5.41, 5.74) is 5.96. The van der Waals surface area contributed by atoms with Gasteiger partial charge in [-0.2, -0.15) is 0 Å². The molecule has 3 N–H and O–H groups in total. The Morgan fingerprint density at radius 2 is 1.95 bits per heavy atom. The molecule has 20 heavy (non-hydrogen) atoms. The lowest BCUT2D eigenvalue weighted by Crippen LogP contribution is -2.43. The number of hydrogen-bond acceptors (Lipinski definition) is 4. The second-order valence-corrected chi connectivity index (χ2v) is 5.23. The lowest BCUT2D eigenvalue weighted by atomic mass is 10.0. The van der Waals surface area contributed by atoms with E-state index in [1.807, 2.05) is 36.4 Å². The van der Waals surface area contributed by atoms with Crippen LogP contribution in [0.25, 0.3) is 10.8 Å². The zero-order valence-corrected chi connectivity index (χ0v) is 11.2. The van der Waals surface area contributed by atoms with Crippen molar-refractivity contribution in [2.75, 3.05) is 6.61 Å². The van der Waals surface area contributed by atoms with E-state index in [2.05, 4.69) is 6.07 Å². The summed E-state index contributed by atoms with van der Waals surface area (Å²) in [5, 5.41) is 11.5. The molecule has 0 aliphatic carbocycles. The van der Waals surface area contributed by atoms with Gasteiger partial charge in [0.15, 0.2) is 0 Å². The Kier molecular flexibility index (Phi) is 3.87. The second-order valence-electron chi connectivity index (χ2n) is 5.23. The van der Waals surface area contributed by atoms with Crippen molar-refractivity contribution in [1.82, 2.24) is 0 Å². The van der Waals surface area contributed by atoms with Crippen LogP contribution in [-0.2, 0) is 4.74 Å². The topological polar surface area (TPSA) is 64.7 Å². The van der Waals surface area contributed by atoms with Crippen LogP contribution in [0.2, 0.25) is 0 Å². The van der Waals surface area contributed by atoms with E-state index in [1.54, 1.807) is 0 Å². The first-order valence-electron chi connectivity index (χ1n) is 6.92. The van der Waals surface area contributed by atoms with Crippen molar-refractivity contribution in [3.05, 3.63) is 42.5 Å².